The minimum Gasteiger partial charge on any atom is -0.351 e. The van der Waals surface area contributed by atoms with Gasteiger partial charge in [-0.15, -0.1) is 0 Å². The first kappa shape index (κ1) is 18.1. The molecule has 0 fully saturated rings. The van der Waals surface area contributed by atoms with Crippen molar-refractivity contribution >= 4 is 16.8 Å². The number of rotatable bonds is 7. The maximum Gasteiger partial charge on any atom is 0.267 e. The van der Waals surface area contributed by atoms with Crippen LogP contribution in [0.25, 0.3) is 22.0 Å². The van der Waals surface area contributed by atoms with Gasteiger partial charge in [0.1, 0.15) is 11.5 Å². The molecule has 5 nitrogen and oxygen atoms in total. The molecule has 0 aliphatic carbocycles. The molecule has 136 valence electrons. The van der Waals surface area contributed by atoms with E-state index in [1.54, 1.807) is 12.1 Å². The Bertz CT molecular complexity index is 888. The van der Waals surface area contributed by atoms with Crippen molar-refractivity contribution in [3.63, 3.8) is 0 Å². The number of hydrogen-bond donors (Lipinski definition) is 4. The lowest BCUT2D eigenvalue weighted by Gasteiger charge is -2.11. The van der Waals surface area contributed by atoms with Crippen LogP contribution in [0.4, 0.5) is 4.39 Å². The molecule has 0 saturated heterocycles. The van der Waals surface area contributed by atoms with Gasteiger partial charge in [0, 0.05) is 23.5 Å². The Morgan fingerprint density at radius 3 is 2.58 bits per heavy atom. The average molecular weight is 354 g/mol. The highest BCUT2D eigenvalue weighted by molar-refractivity contribution is 5.98. The maximum absolute atomic E-state index is 13.1. The lowest BCUT2D eigenvalue weighted by atomic mass is 10.0. The van der Waals surface area contributed by atoms with E-state index >= 15 is 0 Å². The van der Waals surface area contributed by atoms with Crippen molar-refractivity contribution in [3.05, 3.63) is 60.0 Å². The van der Waals surface area contributed by atoms with Gasteiger partial charge in [0.2, 0.25) is 0 Å². The van der Waals surface area contributed by atoms with E-state index in [4.69, 9.17) is 11.5 Å². The standard InChI is InChI=1S/C20H23FN4O/c21-16-7-5-13(6-8-16)14-3-4-15-11-19(25-18(15)10-14)20(26)24-12-17(23)2-1-9-22/h3-8,10-11,17,25H,1-2,9,12,22-23H2,(H,24,26)/t17-/m1/s1. The Kier molecular flexibility index (Phi) is 5.65. The number of nitrogens with two attached hydrogens (primary N) is 2. The third-order valence-electron chi connectivity index (χ3n) is 4.35. The smallest absolute Gasteiger partial charge is 0.267 e. The van der Waals surface area contributed by atoms with Crippen LogP contribution in [-0.4, -0.2) is 30.0 Å². The largest absolute Gasteiger partial charge is 0.351 e. The van der Waals surface area contributed by atoms with E-state index in [0.717, 1.165) is 34.9 Å². The molecule has 6 N–H and O–H groups in total. The summed E-state index contributed by atoms with van der Waals surface area (Å²) in [5, 5.41) is 3.78. The second-order valence-corrected chi connectivity index (χ2v) is 6.39. The number of amides is 1. The van der Waals surface area contributed by atoms with Gasteiger partial charge >= 0.3 is 0 Å². The molecular weight excluding hydrogens is 331 g/mol. The van der Waals surface area contributed by atoms with Gasteiger partial charge in [-0.2, -0.15) is 0 Å². The van der Waals surface area contributed by atoms with Gasteiger partial charge in [0.25, 0.3) is 5.91 Å². The molecule has 3 aromatic rings. The highest BCUT2D eigenvalue weighted by Crippen LogP contribution is 2.25. The van der Waals surface area contributed by atoms with Gasteiger partial charge in [-0.3, -0.25) is 4.79 Å². The van der Waals surface area contributed by atoms with Crippen LogP contribution in [0.2, 0.25) is 0 Å². The third kappa shape index (κ3) is 4.28. The number of fused-ring (bicyclic) bond motifs is 1. The predicted molar refractivity (Wildman–Crippen MR) is 102 cm³/mol. The van der Waals surface area contributed by atoms with E-state index in [1.165, 1.54) is 12.1 Å². The molecule has 0 bridgehead atoms. The molecule has 1 heterocycles. The molecule has 6 heteroatoms. The minimum atomic E-state index is -0.265. The van der Waals surface area contributed by atoms with Gasteiger partial charge < -0.3 is 21.8 Å². The molecule has 0 radical (unpaired) electrons. The van der Waals surface area contributed by atoms with Crippen molar-refractivity contribution < 1.29 is 9.18 Å². The number of carbonyl (C=O) groups is 1. The monoisotopic (exact) mass is 354 g/mol. The van der Waals surface area contributed by atoms with Crippen molar-refractivity contribution in [2.45, 2.75) is 18.9 Å². The first-order valence-corrected chi connectivity index (χ1v) is 8.69. The first-order valence-electron chi connectivity index (χ1n) is 8.69. The van der Waals surface area contributed by atoms with E-state index < -0.39 is 0 Å². The number of H-pyrrole nitrogens is 1. The number of carbonyl (C=O) groups excluding carboxylic acids is 1. The summed E-state index contributed by atoms with van der Waals surface area (Å²) in [6, 6.07) is 13.9. The summed E-state index contributed by atoms with van der Waals surface area (Å²) in [6.07, 6.45) is 1.63. The van der Waals surface area contributed by atoms with Crippen molar-refractivity contribution in [2.24, 2.45) is 11.5 Å². The van der Waals surface area contributed by atoms with Gasteiger partial charge in [-0.25, -0.2) is 4.39 Å². The predicted octanol–water partition coefficient (Wildman–Crippen LogP) is 2.77. The Hall–Kier alpha value is -2.70. The summed E-state index contributed by atoms with van der Waals surface area (Å²) >= 11 is 0. The molecule has 0 unspecified atom stereocenters. The first-order chi connectivity index (χ1) is 12.6. The van der Waals surface area contributed by atoms with E-state index in [-0.39, 0.29) is 17.8 Å². The van der Waals surface area contributed by atoms with Crippen LogP contribution >= 0.6 is 0 Å². The zero-order valence-electron chi connectivity index (χ0n) is 14.5. The summed E-state index contributed by atoms with van der Waals surface area (Å²) in [5.74, 6) is -0.453. The van der Waals surface area contributed by atoms with Crippen LogP contribution in [0.3, 0.4) is 0 Å². The highest BCUT2D eigenvalue weighted by Gasteiger charge is 2.11. The molecule has 2 aromatic carbocycles. The van der Waals surface area contributed by atoms with Crippen molar-refractivity contribution in [1.29, 1.82) is 0 Å². The van der Waals surface area contributed by atoms with Gasteiger partial charge in [-0.05, 0) is 54.8 Å². The van der Waals surface area contributed by atoms with Gasteiger partial charge in [0.15, 0.2) is 0 Å². The minimum absolute atomic E-state index is 0.100. The lowest BCUT2D eigenvalue weighted by molar-refractivity contribution is 0.0946. The quantitative estimate of drug-likeness (QED) is 0.525. The third-order valence-corrected chi connectivity index (χ3v) is 4.35. The Morgan fingerprint density at radius 2 is 1.85 bits per heavy atom. The van der Waals surface area contributed by atoms with E-state index in [9.17, 15) is 9.18 Å². The topological polar surface area (TPSA) is 96.9 Å². The van der Waals surface area contributed by atoms with E-state index in [1.807, 2.05) is 24.3 Å². The van der Waals surface area contributed by atoms with Crippen LogP contribution in [-0.2, 0) is 0 Å². The SMILES string of the molecule is NCCC[C@@H](N)CNC(=O)c1cc2ccc(-c3ccc(F)cc3)cc2[nH]1. The Morgan fingerprint density at radius 1 is 1.12 bits per heavy atom. The number of halogens is 1. The fraction of sp³-hybridized carbons (Fsp3) is 0.250. The zero-order valence-corrected chi connectivity index (χ0v) is 14.5. The summed E-state index contributed by atoms with van der Waals surface area (Å²) in [6.45, 7) is 1.01. The van der Waals surface area contributed by atoms with Crippen molar-refractivity contribution in [1.82, 2.24) is 10.3 Å². The molecule has 0 saturated carbocycles. The molecule has 3 rings (SSSR count). The van der Waals surface area contributed by atoms with Crippen LogP contribution in [0.15, 0.2) is 48.5 Å². The Balaban J connectivity index is 1.72. The second kappa shape index (κ2) is 8.12. The molecular formula is C20H23FN4O. The van der Waals surface area contributed by atoms with Crippen molar-refractivity contribution in [3.8, 4) is 11.1 Å². The molecule has 1 atom stereocenters. The summed E-state index contributed by atoms with van der Waals surface area (Å²) < 4.78 is 13.1. The molecule has 26 heavy (non-hydrogen) atoms. The van der Waals surface area contributed by atoms with Crippen LogP contribution in [0.1, 0.15) is 23.3 Å². The molecule has 0 aliphatic heterocycles. The molecule has 1 amide bonds. The molecule has 1 aromatic heterocycles. The summed E-state index contributed by atoms with van der Waals surface area (Å²) in [4.78, 5) is 15.5. The number of aromatic nitrogens is 1. The van der Waals surface area contributed by atoms with Crippen molar-refractivity contribution in [2.75, 3.05) is 13.1 Å². The van der Waals surface area contributed by atoms with E-state index in [0.29, 0.717) is 18.8 Å². The summed E-state index contributed by atoms with van der Waals surface area (Å²) in [5.41, 5.74) is 14.6. The number of aromatic amines is 1. The van der Waals surface area contributed by atoms with Gasteiger partial charge in [0.05, 0.1) is 0 Å². The maximum atomic E-state index is 13.1. The van der Waals surface area contributed by atoms with Crippen LogP contribution in [0.5, 0.6) is 0 Å². The van der Waals surface area contributed by atoms with Crippen LogP contribution < -0.4 is 16.8 Å². The molecule has 0 aliphatic rings. The average Bonchev–Trinajstić information content (AvgIpc) is 3.08. The lowest BCUT2D eigenvalue weighted by Crippen LogP contribution is -2.37. The Labute approximate surface area is 151 Å². The number of nitrogens with one attached hydrogen (secondary N) is 2. The normalized spacial score (nSPS) is 12.3. The highest BCUT2D eigenvalue weighted by atomic mass is 19.1. The zero-order chi connectivity index (χ0) is 18.5. The number of benzene rings is 2. The number of hydrogen-bond acceptors (Lipinski definition) is 3. The van der Waals surface area contributed by atoms with Gasteiger partial charge in [-0.1, -0.05) is 24.3 Å². The summed E-state index contributed by atoms with van der Waals surface area (Å²) in [7, 11) is 0. The fourth-order valence-electron chi connectivity index (χ4n) is 2.87. The van der Waals surface area contributed by atoms with Crippen LogP contribution in [0, 0.1) is 5.82 Å². The van der Waals surface area contributed by atoms with E-state index in [2.05, 4.69) is 10.3 Å². The second-order valence-electron chi connectivity index (χ2n) is 6.39. The fourth-order valence-corrected chi connectivity index (χ4v) is 2.87. The molecule has 0 spiro atoms.